The summed E-state index contributed by atoms with van der Waals surface area (Å²) in [6.45, 7) is 2.34. The first-order valence-corrected chi connectivity index (χ1v) is 6.47. The number of ether oxygens (including phenoxy) is 1. The summed E-state index contributed by atoms with van der Waals surface area (Å²) < 4.78 is 18.9. The van der Waals surface area contributed by atoms with Crippen molar-refractivity contribution < 1.29 is 19.0 Å². The van der Waals surface area contributed by atoms with Crippen LogP contribution in [0.1, 0.15) is 28.8 Å². The first-order valence-electron chi connectivity index (χ1n) is 6.47. The van der Waals surface area contributed by atoms with E-state index in [4.69, 9.17) is 9.84 Å². The lowest BCUT2D eigenvalue weighted by atomic mass is 10.1. The van der Waals surface area contributed by atoms with Crippen LogP contribution in [-0.2, 0) is 11.3 Å². The number of benzene rings is 1. The quantitative estimate of drug-likeness (QED) is 0.708. The normalized spacial score (nSPS) is 14.6. The van der Waals surface area contributed by atoms with Gasteiger partial charge in [-0.05, 0) is 37.0 Å². The Morgan fingerprint density at radius 3 is 2.95 bits per heavy atom. The van der Waals surface area contributed by atoms with Crippen LogP contribution in [0.4, 0.5) is 4.39 Å². The third-order valence-electron chi connectivity index (χ3n) is 3.08. The summed E-state index contributed by atoms with van der Waals surface area (Å²) in [5.41, 5.74) is 0.463. The van der Waals surface area contributed by atoms with Crippen molar-refractivity contribution >= 4 is 5.97 Å². The van der Waals surface area contributed by atoms with Crippen LogP contribution in [0.5, 0.6) is 0 Å². The van der Waals surface area contributed by atoms with Gasteiger partial charge in [-0.25, -0.2) is 9.18 Å². The van der Waals surface area contributed by atoms with E-state index in [1.54, 1.807) is 0 Å². The van der Waals surface area contributed by atoms with Crippen molar-refractivity contribution in [2.75, 3.05) is 19.8 Å². The van der Waals surface area contributed by atoms with Gasteiger partial charge in [-0.15, -0.1) is 0 Å². The molecule has 0 radical (unpaired) electrons. The van der Waals surface area contributed by atoms with Gasteiger partial charge in [-0.2, -0.15) is 0 Å². The molecule has 1 aromatic carbocycles. The molecule has 0 saturated heterocycles. The van der Waals surface area contributed by atoms with Gasteiger partial charge in [-0.3, -0.25) is 0 Å². The molecule has 0 unspecified atom stereocenters. The highest BCUT2D eigenvalue weighted by Gasteiger charge is 2.20. The first kappa shape index (κ1) is 14.0. The lowest BCUT2D eigenvalue weighted by molar-refractivity contribution is 0.0696. The largest absolute Gasteiger partial charge is 0.478 e. The average molecular weight is 267 g/mol. The van der Waals surface area contributed by atoms with Crippen molar-refractivity contribution in [1.82, 2.24) is 5.32 Å². The summed E-state index contributed by atoms with van der Waals surface area (Å²) in [6.07, 6.45) is 2.53. The molecule has 1 aliphatic rings. The molecule has 104 valence electrons. The Bertz CT molecular complexity index is 446. The maximum absolute atomic E-state index is 13.5. The Morgan fingerprint density at radius 2 is 2.26 bits per heavy atom. The van der Waals surface area contributed by atoms with Gasteiger partial charge in [0.2, 0.25) is 0 Å². The van der Waals surface area contributed by atoms with Crippen LogP contribution < -0.4 is 5.32 Å². The monoisotopic (exact) mass is 267 g/mol. The number of rotatable bonds is 8. The molecular formula is C14H18FNO3. The summed E-state index contributed by atoms with van der Waals surface area (Å²) in [4.78, 5) is 10.8. The van der Waals surface area contributed by atoms with Gasteiger partial charge in [0, 0.05) is 25.3 Å². The number of carboxylic acids is 1. The molecule has 1 aromatic rings. The van der Waals surface area contributed by atoms with Gasteiger partial charge in [-0.1, -0.05) is 0 Å². The molecule has 4 nitrogen and oxygen atoms in total. The van der Waals surface area contributed by atoms with Crippen molar-refractivity contribution in [1.29, 1.82) is 0 Å². The zero-order valence-electron chi connectivity index (χ0n) is 10.7. The van der Waals surface area contributed by atoms with Gasteiger partial charge in [0.25, 0.3) is 0 Å². The van der Waals surface area contributed by atoms with Crippen molar-refractivity contribution in [3.05, 3.63) is 35.1 Å². The van der Waals surface area contributed by atoms with Crippen LogP contribution >= 0.6 is 0 Å². The predicted molar refractivity (Wildman–Crippen MR) is 68.6 cm³/mol. The Morgan fingerprint density at radius 1 is 1.47 bits per heavy atom. The van der Waals surface area contributed by atoms with Gasteiger partial charge >= 0.3 is 5.97 Å². The molecular weight excluding hydrogens is 249 g/mol. The molecule has 1 saturated carbocycles. The number of halogens is 1. The highest BCUT2D eigenvalue weighted by atomic mass is 19.1. The number of nitrogens with one attached hydrogen (secondary N) is 1. The summed E-state index contributed by atoms with van der Waals surface area (Å²) in [5.74, 6) is -0.699. The minimum Gasteiger partial charge on any atom is -0.478 e. The third-order valence-corrected chi connectivity index (χ3v) is 3.08. The number of aromatic carboxylic acids is 1. The lowest BCUT2D eigenvalue weighted by Gasteiger charge is -2.07. The number of hydrogen-bond donors (Lipinski definition) is 2. The highest BCUT2D eigenvalue weighted by Crippen LogP contribution is 2.28. The number of hydrogen-bond acceptors (Lipinski definition) is 3. The fourth-order valence-electron chi connectivity index (χ4n) is 1.75. The van der Waals surface area contributed by atoms with Crippen molar-refractivity contribution in [2.45, 2.75) is 19.4 Å². The van der Waals surface area contributed by atoms with E-state index in [9.17, 15) is 9.18 Å². The van der Waals surface area contributed by atoms with Gasteiger partial charge in [0.15, 0.2) is 0 Å². The molecule has 0 aliphatic heterocycles. The molecule has 0 bridgehead atoms. The minimum absolute atomic E-state index is 0.100. The van der Waals surface area contributed by atoms with Crippen LogP contribution in [0.15, 0.2) is 18.2 Å². The van der Waals surface area contributed by atoms with Crippen molar-refractivity contribution in [3.63, 3.8) is 0 Å². The smallest absolute Gasteiger partial charge is 0.335 e. The van der Waals surface area contributed by atoms with E-state index in [2.05, 4.69) is 5.32 Å². The van der Waals surface area contributed by atoms with E-state index in [0.29, 0.717) is 25.3 Å². The molecule has 0 heterocycles. The predicted octanol–water partition coefficient (Wildman–Crippen LogP) is 2.04. The fraction of sp³-hybridized carbons (Fsp3) is 0.500. The summed E-state index contributed by atoms with van der Waals surface area (Å²) in [5, 5.41) is 11.9. The minimum atomic E-state index is -1.05. The van der Waals surface area contributed by atoms with Crippen LogP contribution in [0.25, 0.3) is 0 Å². The molecule has 19 heavy (non-hydrogen) atoms. The Balaban J connectivity index is 1.71. The molecule has 0 aromatic heterocycles. The number of carboxylic acid groups (broad SMARTS) is 1. The van der Waals surface area contributed by atoms with Crippen LogP contribution in [0.3, 0.4) is 0 Å². The second-order valence-corrected chi connectivity index (χ2v) is 4.81. The summed E-state index contributed by atoms with van der Waals surface area (Å²) >= 11 is 0. The number of carbonyl (C=O) groups is 1. The van der Waals surface area contributed by atoms with Crippen LogP contribution in [0.2, 0.25) is 0 Å². The summed E-state index contributed by atoms with van der Waals surface area (Å²) in [7, 11) is 0. The Hall–Kier alpha value is -1.46. The maximum Gasteiger partial charge on any atom is 0.335 e. The second-order valence-electron chi connectivity index (χ2n) is 4.81. The van der Waals surface area contributed by atoms with Gasteiger partial charge < -0.3 is 15.2 Å². The highest BCUT2D eigenvalue weighted by molar-refractivity contribution is 5.87. The SMILES string of the molecule is O=C(O)c1ccc(F)c(CNCCOCC2CC2)c1. The summed E-state index contributed by atoms with van der Waals surface area (Å²) in [6, 6.07) is 3.81. The third kappa shape index (κ3) is 4.61. The Labute approximate surface area is 111 Å². The van der Waals surface area contributed by atoms with Crippen LogP contribution in [0, 0.1) is 11.7 Å². The van der Waals surface area contributed by atoms with Crippen LogP contribution in [-0.4, -0.2) is 30.8 Å². The molecule has 1 aliphatic carbocycles. The molecule has 1 fully saturated rings. The molecule has 5 heteroatoms. The topological polar surface area (TPSA) is 58.6 Å². The van der Waals surface area contributed by atoms with E-state index in [0.717, 1.165) is 12.5 Å². The molecule has 2 rings (SSSR count). The average Bonchev–Trinajstić information content (AvgIpc) is 3.19. The zero-order valence-corrected chi connectivity index (χ0v) is 10.7. The van der Waals surface area contributed by atoms with E-state index < -0.39 is 11.8 Å². The lowest BCUT2D eigenvalue weighted by Crippen LogP contribution is -2.20. The van der Waals surface area contributed by atoms with E-state index in [-0.39, 0.29) is 5.56 Å². The zero-order chi connectivity index (χ0) is 13.7. The van der Waals surface area contributed by atoms with Crippen molar-refractivity contribution in [3.8, 4) is 0 Å². The van der Waals surface area contributed by atoms with E-state index >= 15 is 0 Å². The Kier molecular flexibility index (Phi) is 4.87. The fourth-order valence-corrected chi connectivity index (χ4v) is 1.75. The van der Waals surface area contributed by atoms with Gasteiger partial charge in [0.1, 0.15) is 5.82 Å². The second kappa shape index (κ2) is 6.63. The molecule has 0 amide bonds. The van der Waals surface area contributed by atoms with Gasteiger partial charge in [0.05, 0.1) is 12.2 Å². The molecule has 0 atom stereocenters. The van der Waals surface area contributed by atoms with Crippen molar-refractivity contribution in [2.24, 2.45) is 5.92 Å². The van der Waals surface area contributed by atoms with E-state index in [1.165, 1.54) is 31.0 Å². The standard InChI is InChI=1S/C14H18FNO3/c15-13-4-3-11(14(17)18)7-12(13)8-16-5-6-19-9-10-1-2-10/h3-4,7,10,16H,1-2,5-6,8-9H2,(H,17,18). The molecule has 2 N–H and O–H groups in total. The van der Waals surface area contributed by atoms with E-state index in [1.807, 2.05) is 0 Å². The first-order chi connectivity index (χ1) is 9.16. The maximum atomic E-state index is 13.5. The molecule has 0 spiro atoms.